The molecule has 1 atom stereocenters. The maximum absolute atomic E-state index is 5.78. The summed E-state index contributed by atoms with van der Waals surface area (Å²) in [5.74, 6) is 0.350. The van der Waals surface area contributed by atoms with Gasteiger partial charge in [0, 0.05) is 6.42 Å². The zero-order valence-corrected chi connectivity index (χ0v) is 9.12. The molecule has 0 spiro atoms. The van der Waals surface area contributed by atoms with Gasteiger partial charge in [0.1, 0.15) is 11.8 Å². The van der Waals surface area contributed by atoms with Crippen molar-refractivity contribution in [1.82, 2.24) is 9.97 Å². The molecule has 1 aliphatic heterocycles. The largest absolute Gasteiger partial charge is 0.470 e. The van der Waals surface area contributed by atoms with E-state index in [-0.39, 0.29) is 11.4 Å². The Morgan fingerprint density at radius 1 is 1.53 bits per heavy atom. The fourth-order valence-corrected chi connectivity index (χ4v) is 1.58. The standard InChI is InChI=1S/C9H12ClN3O2/c1-5-7(11)8(13-9(10)12-5)15-6-2-3-14-4-6/h6H,2-4,11H2,1H3. The van der Waals surface area contributed by atoms with Crippen molar-refractivity contribution in [3.63, 3.8) is 0 Å². The van der Waals surface area contributed by atoms with E-state index < -0.39 is 0 Å². The minimum atomic E-state index is 0.0117. The van der Waals surface area contributed by atoms with Gasteiger partial charge in [-0.15, -0.1) is 0 Å². The number of aryl methyl sites for hydroxylation is 1. The third-order valence-corrected chi connectivity index (χ3v) is 2.41. The van der Waals surface area contributed by atoms with Crippen LogP contribution in [0.25, 0.3) is 0 Å². The molecule has 82 valence electrons. The Morgan fingerprint density at radius 3 is 3.00 bits per heavy atom. The normalized spacial score (nSPS) is 20.5. The monoisotopic (exact) mass is 229 g/mol. The Labute approximate surface area is 92.6 Å². The Balaban J connectivity index is 2.19. The number of nitrogen functional groups attached to an aromatic ring is 1. The zero-order chi connectivity index (χ0) is 10.8. The van der Waals surface area contributed by atoms with E-state index in [1.807, 2.05) is 0 Å². The molecule has 2 N–H and O–H groups in total. The predicted molar refractivity (Wildman–Crippen MR) is 56.0 cm³/mol. The van der Waals surface area contributed by atoms with Crippen LogP contribution in [-0.4, -0.2) is 29.3 Å². The number of aromatic nitrogens is 2. The fourth-order valence-electron chi connectivity index (χ4n) is 1.38. The van der Waals surface area contributed by atoms with E-state index in [0.29, 0.717) is 30.5 Å². The van der Waals surface area contributed by atoms with Crippen LogP contribution in [0.2, 0.25) is 5.28 Å². The number of nitrogens with zero attached hydrogens (tertiary/aromatic N) is 2. The second-order valence-corrected chi connectivity index (χ2v) is 3.74. The smallest absolute Gasteiger partial charge is 0.242 e. The maximum Gasteiger partial charge on any atom is 0.242 e. The second-order valence-electron chi connectivity index (χ2n) is 3.40. The van der Waals surface area contributed by atoms with Gasteiger partial charge in [0.25, 0.3) is 0 Å². The van der Waals surface area contributed by atoms with Crippen LogP contribution in [-0.2, 0) is 4.74 Å². The number of anilines is 1. The molecule has 1 aromatic heterocycles. The number of halogens is 1. The van der Waals surface area contributed by atoms with E-state index in [2.05, 4.69) is 9.97 Å². The van der Waals surface area contributed by atoms with E-state index in [0.717, 1.165) is 6.42 Å². The van der Waals surface area contributed by atoms with Gasteiger partial charge in [-0.25, -0.2) is 4.98 Å². The summed E-state index contributed by atoms with van der Waals surface area (Å²) in [6, 6.07) is 0. The van der Waals surface area contributed by atoms with E-state index in [1.165, 1.54) is 0 Å². The molecule has 0 radical (unpaired) electrons. The first kappa shape index (κ1) is 10.4. The van der Waals surface area contributed by atoms with Gasteiger partial charge in [-0.3, -0.25) is 0 Å². The van der Waals surface area contributed by atoms with Crippen molar-refractivity contribution in [1.29, 1.82) is 0 Å². The summed E-state index contributed by atoms with van der Waals surface area (Å²) in [4.78, 5) is 7.88. The predicted octanol–water partition coefficient (Wildman–Crippen LogP) is 1.19. The molecule has 0 bridgehead atoms. The third-order valence-electron chi connectivity index (χ3n) is 2.24. The molecule has 0 saturated carbocycles. The second kappa shape index (κ2) is 4.20. The van der Waals surface area contributed by atoms with Gasteiger partial charge in [0.15, 0.2) is 0 Å². The molecule has 2 heterocycles. The molecule has 0 aromatic carbocycles. The topological polar surface area (TPSA) is 70.3 Å². The van der Waals surface area contributed by atoms with Crippen LogP contribution in [0.1, 0.15) is 12.1 Å². The molecular weight excluding hydrogens is 218 g/mol. The van der Waals surface area contributed by atoms with Crippen LogP contribution in [0, 0.1) is 6.92 Å². The minimum Gasteiger partial charge on any atom is -0.470 e. The summed E-state index contributed by atoms with van der Waals surface area (Å²) in [6.45, 7) is 3.05. The highest BCUT2D eigenvalue weighted by Crippen LogP contribution is 2.25. The molecule has 6 heteroatoms. The first-order valence-electron chi connectivity index (χ1n) is 4.71. The van der Waals surface area contributed by atoms with E-state index in [1.54, 1.807) is 6.92 Å². The lowest BCUT2D eigenvalue weighted by molar-refractivity contribution is 0.138. The van der Waals surface area contributed by atoms with Crippen LogP contribution in [0.15, 0.2) is 0 Å². The summed E-state index contributed by atoms with van der Waals surface area (Å²) in [7, 11) is 0. The van der Waals surface area contributed by atoms with Crippen molar-refractivity contribution in [2.24, 2.45) is 0 Å². The lowest BCUT2D eigenvalue weighted by atomic mass is 10.3. The molecule has 1 aliphatic rings. The van der Waals surface area contributed by atoms with E-state index in [4.69, 9.17) is 26.8 Å². The SMILES string of the molecule is Cc1nc(Cl)nc(OC2CCOC2)c1N. The van der Waals surface area contributed by atoms with Gasteiger partial charge in [-0.1, -0.05) is 0 Å². The number of hydrogen-bond donors (Lipinski definition) is 1. The number of hydrogen-bond acceptors (Lipinski definition) is 5. The minimum absolute atomic E-state index is 0.0117. The van der Waals surface area contributed by atoms with Gasteiger partial charge in [-0.2, -0.15) is 4.98 Å². The number of ether oxygens (including phenoxy) is 2. The Kier molecular flexibility index (Phi) is 2.93. The van der Waals surface area contributed by atoms with Crippen LogP contribution >= 0.6 is 11.6 Å². The van der Waals surface area contributed by atoms with Crippen molar-refractivity contribution in [3.8, 4) is 5.88 Å². The molecule has 5 nitrogen and oxygen atoms in total. The quantitative estimate of drug-likeness (QED) is 0.772. The van der Waals surface area contributed by atoms with Gasteiger partial charge in [0.2, 0.25) is 11.2 Å². The highest BCUT2D eigenvalue weighted by Gasteiger charge is 2.20. The molecule has 1 unspecified atom stereocenters. The summed E-state index contributed by atoms with van der Waals surface area (Å²) in [6.07, 6.45) is 0.859. The first-order chi connectivity index (χ1) is 7.16. The Bertz CT molecular complexity index is 367. The lowest BCUT2D eigenvalue weighted by Crippen LogP contribution is -2.18. The maximum atomic E-state index is 5.78. The number of rotatable bonds is 2. The van der Waals surface area contributed by atoms with Gasteiger partial charge in [-0.05, 0) is 18.5 Å². The molecule has 0 aliphatic carbocycles. The Hall–Kier alpha value is -1.07. The summed E-state index contributed by atoms with van der Waals surface area (Å²) in [5, 5.41) is 0.149. The number of nitrogens with two attached hydrogens (primary N) is 1. The van der Waals surface area contributed by atoms with Crippen LogP contribution in [0.4, 0.5) is 5.69 Å². The van der Waals surface area contributed by atoms with Crippen molar-refractivity contribution in [3.05, 3.63) is 11.0 Å². The highest BCUT2D eigenvalue weighted by atomic mass is 35.5. The van der Waals surface area contributed by atoms with Crippen LogP contribution < -0.4 is 10.5 Å². The molecule has 1 saturated heterocycles. The average Bonchev–Trinajstić information content (AvgIpc) is 2.66. The van der Waals surface area contributed by atoms with Crippen molar-refractivity contribution in [2.45, 2.75) is 19.4 Å². The molecule has 0 amide bonds. The average molecular weight is 230 g/mol. The van der Waals surface area contributed by atoms with Crippen molar-refractivity contribution >= 4 is 17.3 Å². The molecule has 15 heavy (non-hydrogen) atoms. The molecule has 2 rings (SSSR count). The lowest BCUT2D eigenvalue weighted by Gasteiger charge is -2.13. The summed E-state index contributed by atoms with van der Waals surface area (Å²) >= 11 is 5.72. The van der Waals surface area contributed by atoms with Crippen molar-refractivity contribution < 1.29 is 9.47 Å². The Morgan fingerprint density at radius 2 is 2.33 bits per heavy atom. The molecule has 1 aromatic rings. The fraction of sp³-hybridized carbons (Fsp3) is 0.556. The third kappa shape index (κ3) is 2.30. The van der Waals surface area contributed by atoms with Crippen molar-refractivity contribution in [2.75, 3.05) is 18.9 Å². The summed E-state index contributed by atoms with van der Waals surface area (Å²) in [5.41, 5.74) is 6.85. The van der Waals surface area contributed by atoms with E-state index >= 15 is 0 Å². The first-order valence-corrected chi connectivity index (χ1v) is 5.08. The highest BCUT2D eigenvalue weighted by molar-refractivity contribution is 6.28. The summed E-state index contributed by atoms with van der Waals surface area (Å²) < 4.78 is 10.8. The zero-order valence-electron chi connectivity index (χ0n) is 8.36. The van der Waals surface area contributed by atoms with Gasteiger partial charge < -0.3 is 15.2 Å². The van der Waals surface area contributed by atoms with Crippen LogP contribution in [0.3, 0.4) is 0 Å². The van der Waals surface area contributed by atoms with Gasteiger partial charge >= 0.3 is 0 Å². The molecule has 1 fully saturated rings. The van der Waals surface area contributed by atoms with Gasteiger partial charge in [0.05, 0.1) is 18.9 Å². The molecular formula is C9H12ClN3O2. The van der Waals surface area contributed by atoms with Crippen LogP contribution in [0.5, 0.6) is 5.88 Å². The van der Waals surface area contributed by atoms with E-state index in [9.17, 15) is 0 Å².